The first kappa shape index (κ1) is 21.1. The summed E-state index contributed by atoms with van der Waals surface area (Å²) in [4.78, 5) is 14.9. The normalized spacial score (nSPS) is 19.7. The van der Waals surface area contributed by atoms with Gasteiger partial charge >= 0.3 is 6.09 Å². The first-order chi connectivity index (χ1) is 15.1. The first-order valence-corrected chi connectivity index (χ1v) is 10.9. The molecule has 1 aliphatic rings. The second-order valence-electron chi connectivity index (χ2n) is 8.16. The van der Waals surface area contributed by atoms with Gasteiger partial charge in [0.15, 0.2) is 0 Å². The van der Waals surface area contributed by atoms with E-state index < -0.39 is 5.60 Å². The van der Waals surface area contributed by atoms with E-state index in [1.54, 1.807) is 4.90 Å². The van der Waals surface area contributed by atoms with Gasteiger partial charge in [0.25, 0.3) is 0 Å². The summed E-state index contributed by atoms with van der Waals surface area (Å²) >= 11 is 0. The van der Waals surface area contributed by atoms with E-state index in [1.807, 2.05) is 55.5 Å². The number of ether oxygens (including phenoxy) is 1. The Balaban J connectivity index is 1.51. The maximum absolute atomic E-state index is 13.1. The maximum Gasteiger partial charge on any atom is 0.411 e. The van der Waals surface area contributed by atoms with Gasteiger partial charge in [-0.3, -0.25) is 0 Å². The summed E-state index contributed by atoms with van der Waals surface area (Å²) in [5.41, 5.74) is 3.74. The van der Waals surface area contributed by atoms with E-state index >= 15 is 0 Å². The zero-order valence-corrected chi connectivity index (χ0v) is 17.9. The molecule has 160 valence electrons. The van der Waals surface area contributed by atoms with Gasteiger partial charge < -0.3 is 14.7 Å². The lowest BCUT2D eigenvalue weighted by Crippen LogP contribution is -2.48. The molecule has 31 heavy (non-hydrogen) atoms. The molecule has 0 spiro atoms. The average molecular weight is 416 g/mol. The van der Waals surface area contributed by atoms with Crippen LogP contribution in [0.25, 0.3) is 11.1 Å². The number of aliphatic hydroxyl groups is 1. The van der Waals surface area contributed by atoms with Crippen molar-refractivity contribution >= 4 is 6.09 Å². The monoisotopic (exact) mass is 415 g/mol. The van der Waals surface area contributed by atoms with Crippen LogP contribution in [0.3, 0.4) is 0 Å². The molecule has 0 radical (unpaired) electrons. The highest BCUT2D eigenvalue weighted by Crippen LogP contribution is 2.40. The summed E-state index contributed by atoms with van der Waals surface area (Å²) in [7, 11) is 0. The summed E-state index contributed by atoms with van der Waals surface area (Å²) in [6.45, 7) is 2.74. The molecule has 3 aromatic carbocycles. The van der Waals surface area contributed by atoms with Gasteiger partial charge in [-0.15, -0.1) is 0 Å². The predicted octanol–water partition coefficient (Wildman–Crippen LogP) is 5.92. The third-order valence-electron chi connectivity index (χ3n) is 6.28. The second kappa shape index (κ2) is 9.36. The van der Waals surface area contributed by atoms with Crippen LogP contribution in [-0.2, 0) is 10.3 Å². The minimum absolute atomic E-state index is 0.0797. The Kier molecular flexibility index (Phi) is 6.38. The van der Waals surface area contributed by atoms with E-state index in [-0.39, 0.29) is 18.7 Å². The Morgan fingerprint density at radius 2 is 1.55 bits per heavy atom. The van der Waals surface area contributed by atoms with Crippen molar-refractivity contribution in [3.63, 3.8) is 0 Å². The summed E-state index contributed by atoms with van der Waals surface area (Å²) in [6, 6.07) is 28.5. The number of hydrogen-bond acceptors (Lipinski definition) is 3. The van der Waals surface area contributed by atoms with Crippen LogP contribution in [0.4, 0.5) is 4.79 Å². The van der Waals surface area contributed by atoms with Crippen molar-refractivity contribution < 1.29 is 14.6 Å². The van der Waals surface area contributed by atoms with Crippen LogP contribution in [0.1, 0.15) is 43.4 Å². The Labute approximate surface area is 184 Å². The molecule has 1 fully saturated rings. The van der Waals surface area contributed by atoms with Crippen LogP contribution in [0.5, 0.6) is 0 Å². The third-order valence-corrected chi connectivity index (χ3v) is 6.28. The highest BCUT2D eigenvalue weighted by atomic mass is 16.6. The van der Waals surface area contributed by atoms with Crippen molar-refractivity contribution in [2.45, 2.75) is 37.8 Å². The molecule has 2 atom stereocenters. The molecule has 1 saturated heterocycles. The summed E-state index contributed by atoms with van der Waals surface area (Å²) in [6.07, 6.45) is 1.62. The molecular formula is C27H29NO3. The Morgan fingerprint density at radius 1 is 0.935 bits per heavy atom. The average Bonchev–Trinajstić information content (AvgIpc) is 2.83. The molecule has 4 rings (SSSR count). The molecule has 0 aliphatic carbocycles. The number of aliphatic hydroxyl groups excluding tert-OH is 1. The van der Waals surface area contributed by atoms with Crippen molar-refractivity contribution in [1.29, 1.82) is 0 Å². The van der Waals surface area contributed by atoms with Gasteiger partial charge in [-0.2, -0.15) is 0 Å². The fourth-order valence-corrected chi connectivity index (χ4v) is 4.42. The molecule has 0 aromatic heterocycles. The molecule has 3 aromatic rings. The standard InChI is InChI=1S/C27H29NO3/c1-21(22-13-15-24(16-14-22)23-9-4-2-5-10-23)28-19-18-27(17-8-20-29,31-26(28)30)25-11-6-3-7-12-25/h2-7,9-16,21,29H,8,17-20H2,1H3/t21-,27+/m0/s1. The van der Waals surface area contributed by atoms with E-state index in [2.05, 4.69) is 36.4 Å². The van der Waals surface area contributed by atoms with Crippen molar-refractivity contribution in [1.82, 2.24) is 4.90 Å². The predicted molar refractivity (Wildman–Crippen MR) is 123 cm³/mol. The van der Waals surface area contributed by atoms with Crippen LogP contribution in [0, 0.1) is 0 Å². The largest absolute Gasteiger partial charge is 0.438 e. The number of amides is 1. The van der Waals surface area contributed by atoms with Crippen molar-refractivity contribution in [3.8, 4) is 11.1 Å². The van der Waals surface area contributed by atoms with E-state index in [9.17, 15) is 9.90 Å². The first-order valence-electron chi connectivity index (χ1n) is 10.9. The van der Waals surface area contributed by atoms with Crippen LogP contribution in [0.15, 0.2) is 84.9 Å². The molecule has 1 amide bonds. The topological polar surface area (TPSA) is 49.8 Å². The van der Waals surface area contributed by atoms with E-state index in [1.165, 1.54) is 5.56 Å². The minimum Gasteiger partial charge on any atom is -0.438 e. The van der Waals surface area contributed by atoms with Crippen molar-refractivity contribution in [2.24, 2.45) is 0 Å². The zero-order chi connectivity index (χ0) is 21.7. The number of cyclic esters (lactones) is 1. The lowest BCUT2D eigenvalue weighted by Gasteiger charge is -2.43. The van der Waals surface area contributed by atoms with Crippen LogP contribution >= 0.6 is 0 Å². The molecular weight excluding hydrogens is 386 g/mol. The van der Waals surface area contributed by atoms with E-state index in [0.29, 0.717) is 25.8 Å². The Morgan fingerprint density at radius 3 is 2.16 bits per heavy atom. The number of hydrogen-bond donors (Lipinski definition) is 1. The summed E-state index contributed by atoms with van der Waals surface area (Å²) in [5.74, 6) is 0. The van der Waals surface area contributed by atoms with Crippen LogP contribution in [0.2, 0.25) is 0 Å². The second-order valence-corrected chi connectivity index (χ2v) is 8.16. The molecule has 4 nitrogen and oxygen atoms in total. The summed E-state index contributed by atoms with van der Waals surface area (Å²) < 4.78 is 6.09. The highest BCUT2D eigenvalue weighted by Gasteiger charge is 2.43. The lowest BCUT2D eigenvalue weighted by atomic mass is 9.84. The van der Waals surface area contributed by atoms with Gasteiger partial charge in [0.05, 0.1) is 6.04 Å². The molecule has 0 bridgehead atoms. The molecule has 1 heterocycles. The molecule has 1 N–H and O–H groups in total. The Bertz CT molecular complexity index is 988. The van der Waals surface area contributed by atoms with E-state index in [4.69, 9.17) is 4.74 Å². The van der Waals surface area contributed by atoms with Crippen molar-refractivity contribution in [2.75, 3.05) is 13.2 Å². The SMILES string of the molecule is C[C@@H](c1ccc(-c2ccccc2)cc1)N1CC[C@](CCCO)(c2ccccc2)OC1=O. The Hall–Kier alpha value is -3.11. The van der Waals surface area contributed by atoms with Gasteiger partial charge in [0, 0.05) is 19.6 Å². The summed E-state index contributed by atoms with van der Waals surface area (Å²) in [5, 5.41) is 9.37. The number of carbonyl (C=O) groups excluding carboxylic acids is 1. The van der Waals surface area contributed by atoms with Gasteiger partial charge in [-0.1, -0.05) is 84.9 Å². The van der Waals surface area contributed by atoms with Gasteiger partial charge in [-0.25, -0.2) is 4.79 Å². The third kappa shape index (κ3) is 4.49. The van der Waals surface area contributed by atoms with Gasteiger partial charge in [-0.05, 0) is 42.0 Å². The molecule has 4 heteroatoms. The lowest BCUT2D eigenvalue weighted by molar-refractivity contribution is -0.0680. The van der Waals surface area contributed by atoms with Crippen LogP contribution < -0.4 is 0 Å². The van der Waals surface area contributed by atoms with Crippen molar-refractivity contribution in [3.05, 3.63) is 96.1 Å². The van der Waals surface area contributed by atoms with Crippen LogP contribution in [-0.4, -0.2) is 29.3 Å². The quantitative estimate of drug-likeness (QED) is 0.521. The molecule has 1 aliphatic heterocycles. The number of carbonyl (C=O) groups is 1. The minimum atomic E-state index is -0.672. The fraction of sp³-hybridized carbons (Fsp3) is 0.296. The van der Waals surface area contributed by atoms with Gasteiger partial charge in [0.1, 0.15) is 5.60 Å². The number of benzene rings is 3. The fourth-order valence-electron chi connectivity index (χ4n) is 4.42. The number of nitrogens with zero attached hydrogens (tertiary/aromatic N) is 1. The van der Waals surface area contributed by atoms with Gasteiger partial charge in [0.2, 0.25) is 0 Å². The smallest absolute Gasteiger partial charge is 0.411 e. The number of rotatable bonds is 7. The maximum atomic E-state index is 13.1. The molecule has 0 saturated carbocycles. The molecule has 0 unspecified atom stereocenters. The zero-order valence-electron chi connectivity index (χ0n) is 17.9. The highest BCUT2D eigenvalue weighted by molar-refractivity contribution is 5.70. The van der Waals surface area contributed by atoms with E-state index in [0.717, 1.165) is 16.7 Å².